The normalized spacial score (nSPS) is 8.12. The van der Waals surface area contributed by atoms with Crippen LogP contribution in [-0.4, -0.2) is 41.5 Å². The molecule has 130 valence electrons. The molecule has 0 amide bonds. The third kappa shape index (κ3) is 14.9. The number of hydrogen-bond acceptors (Lipinski definition) is 6. The molecule has 7 nitrogen and oxygen atoms in total. The molecule has 0 unspecified atom stereocenters. The zero-order valence-electron chi connectivity index (χ0n) is 14.3. The Morgan fingerprint density at radius 2 is 1.92 bits per heavy atom. The molecular formula is C18H17NO6. The fourth-order valence-electron chi connectivity index (χ4n) is 1.08. The van der Waals surface area contributed by atoms with Crippen molar-refractivity contribution in [2.75, 3.05) is 13.2 Å². The number of carboxylic acid groups (broad SMARTS) is 1. The highest BCUT2D eigenvalue weighted by Crippen LogP contribution is 2.07. The van der Waals surface area contributed by atoms with Gasteiger partial charge in [-0.2, -0.15) is 0 Å². The average Bonchev–Trinajstić information content (AvgIpc) is 2.61. The zero-order chi connectivity index (χ0) is 20.2. The van der Waals surface area contributed by atoms with Crippen molar-refractivity contribution in [3.05, 3.63) is 24.0 Å². The Morgan fingerprint density at radius 3 is 2.32 bits per heavy atom. The van der Waals surface area contributed by atoms with E-state index in [0.29, 0.717) is 17.7 Å². The maximum absolute atomic E-state index is 10.9. The summed E-state index contributed by atoms with van der Waals surface area (Å²) < 4.78 is 15.7. The van der Waals surface area contributed by atoms with Crippen LogP contribution in [0.4, 0.5) is 0 Å². The highest BCUT2D eigenvalue weighted by molar-refractivity contribution is 5.72. The molecule has 25 heavy (non-hydrogen) atoms. The van der Waals surface area contributed by atoms with Crippen LogP contribution < -0.4 is 4.74 Å². The molecule has 0 radical (unpaired) electrons. The number of hydrogen-bond donors (Lipinski definition) is 1. The van der Waals surface area contributed by atoms with E-state index in [9.17, 15) is 14.4 Å². The molecule has 1 aromatic heterocycles. The first-order valence-corrected chi connectivity index (χ1v) is 6.60. The van der Waals surface area contributed by atoms with E-state index in [2.05, 4.69) is 23.8 Å². The van der Waals surface area contributed by atoms with Crippen LogP contribution in [0.1, 0.15) is 24.7 Å². The minimum Gasteiger partial charge on any atom is -0.488 e. The van der Waals surface area contributed by atoms with E-state index in [0.717, 1.165) is 0 Å². The van der Waals surface area contributed by atoms with Crippen molar-refractivity contribution in [1.29, 1.82) is 0 Å². The highest BCUT2D eigenvalue weighted by Gasteiger charge is 2.00. The van der Waals surface area contributed by atoms with Crippen molar-refractivity contribution in [3.8, 4) is 43.3 Å². The van der Waals surface area contributed by atoms with Crippen LogP contribution in [0.15, 0.2) is 18.3 Å². The summed E-state index contributed by atoms with van der Waals surface area (Å²) in [7, 11) is 0. The van der Waals surface area contributed by atoms with E-state index in [4.69, 9.17) is 22.4 Å². The summed E-state index contributed by atoms with van der Waals surface area (Å²) in [5, 5.41) is 7.77. The second-order valence-electron chi connectivity index (χ2n) is 3.76. The van der Waals surface area contributed by atoms with Gasteiger partial charge in [-0.1, -0.05) is 11.8 Å². The van der Waals surface area contributed by atoms with Crippen molar-refractivity contribution < 1.29 is 30.3 Å². The number of carbonyl (C=O) groups is 3. The lowest BCUT2D eigenvalue weighted by Gasteiger charge is -2.06. The van der Waals surface area contributed by atoms with E-state index in [1.807, 2.05) is 5.92 Å². The maximum Gasteiger partial charge on any atom is 0.318 e. The van der Waals surface area contributed by atoms with E-state index < -0.39 is 11.9 Å². The number of pyridine rings is 1. The van der Waals surface area contributed by atoms with Gasteiger partial charge in [0.2, 0.25) is 0 Å². The summed E-state index contributed by atoms with van der Waals surface area (Å²) in [5.41, 5.74) is 0.331. The van der Waals surface area contributed by atoms with Gasteiger partial charge in [0.15, 0.2) is 6.29 Å². The van der Waals surface area contributed by atoms with Crippen LogP contribution in [0.5, 0.6) is 5.75 Å². The predicted octanol–water partition coefficient (Wildman–Crippen LogP) is 1.18. The Kier molecular flexibility index (Phi) is 14.1. The number of esters is 1. The van der Waals surface area contributed by atoms with Crippen molar-refractivity contribution in [2.45, 2.75) is 12.8 Å². The van der Waals surface area contributed by atoms with Gasteiger partial charge in [-0.25, -0.2) is 4.98 Å². The van der Waals surface area contributed by atoms with Crippen molar-refractivity contribution in [2.24, 2.45) is 0 Å². The van der Waals surface area contributed by atoms with Gasteiger partial charge in [-0.05, 0) is 12.1 Å². The van der Waals surface area contributed by atoms with E-state index in [1.165, 1.54) is 18.7 Å². The second-order valence-corrected chi connectivity index (χ2v) is 3.76. The molecule has 0 aliphatic heterocycles. The highest BCUT2D eigenvalue weighted by atomic mass is 16.6. The summed E-state index contributed by atoms with van der Waals surface area (Å²) >= 11 is 0. The third-order valence-electron chi connectivity index (χ3n) is 1.99. The lowest BCUT2D eigenvalue weighted by molar-refractivity contribution is -0.143. The van der Waals surface area contributed by atoms with Gasteiger partial charge in [0.1, 0.15) is 38.9 Å². The zero-order valence-corrected chi connectivity index (χ0v) is 13.3. The molecule has 0 fully saturated rings. The van der Waals surface area contributed by atoms with Gasteiger partial charge in [-0.3, -0.25) is 14.4 Å². The minimum atomic E-state index is -0.947. The Morgan fingerprint density at radius 1 is 1.28 bits per heavy atom. The summed E-state index contributed by atoms with van der Waals surface area (Å²) in [6, 6.07) is 3.15. The molecule has 0 aliphatic rings. The van der Waals surface area contributed by atoms with Crippen LogP contribution in [0, 0.1) is 37.5 Å². The number of nitrogens with zero attached hydrogens (tertiary/aromatic N) is 1. The summed E-state index contributed by atoms with van der Waals surface area (Å²) in [4.78, 5) is 34.5. The molecular weight excluding hydrogens is 326 g/mol. The van der Waals surface area contributed by atoms with E-state index >= 15 is 0 Å². The van der Waals surface area contributed by atoms with Crippen molar-refractivity contribution >= 4 is 18.2 Å². The van der Waals surface area contributed by atoms with Crippen LogP contribution in [0.2, 0.25) is 0 Å². The monoisotopic (exact) mass is 344 g/mol. The van der Waals surface area contributed by atoms with Gasteiger partial charge in [0, 0.05) is 0 Å². The molecule has 0 bridgehead atoms. The first-order chi connectivity index (χ1) is 12.4. The standard InChI is InChI=1S/C12H11NO4.C4H4O2.C2H2/c1-2-3-12(15)17-7-6-16-11-5-4-10(9-14)13-8-11;1-2-3-4(5)6;1-2/h1,4-5,8-9H,3,6-7H2;1H,3H2,(H,5,6);1-2H/i;;1D. The Bertz CT molecular complexity index is 680. The fraction of sp³-hybridized carbons (Fsp3) is 0.222. The van der Waals surface area contributed by atoms with Crippen LogP contribution in [0.3, 0.4) is 0 Å². The van der Waals surface area contributed by atoms with Crippen LogP contribution >= 0.6 is 0 Å². The molecule has 0 aliphatic carbocycles. The number of carbonyl (C=O) groups excluding carboxylic acids is 2. The predicted molar refractivity (Wildman–Crippen MR) is 90.5 cm³/mol. The van der Waals surface area contributed by atoms with Crippen molar-refractivity contribution in [3.63, 3.8) is 0 Å². The first kappa shape index (κ1) is 21.2. The van der Waals surface area contributed by atoms with Gasteiger partial charge in [0.25, 0.3) is 0 Å². The molecule has 0 atom stereocenters. The molecule has 1 heterocycles. The number of rotatable bonds is 7. The van der Waals surface area contributed by atoms with E-state index in [1.54, 1.807) is 6.07 Å². The molecule has 0 saturated heterocycles. The third-order valence-corrected chi connectivity index (χ3v) is 1.99. The smallest absolute Gasteiger partial charge is 0.318 e. The van der Waals surface area contributed by atoms with Crippen molar-refractivity contribution in [1.82, 2.24) is 4.98 Å². The molecule has 1 N–H and O–H groups in total. The molecule has 1 rings (SSSR count). The van der Waals surface area contributed by atoms with Crippen LogP contribution in [0.25, 0.3) is 0 Å². The number of carboxylic acids is 1. The largest absolute Gasteiger partial charge is 0.488 e. The van der Waals surface area contributed by atoms with Gasteiger partial charge in [-0.15, -0.1) is 25.7 Å². The Hall–Kier alpha value is -3.76. The maximum atomic E-state index is 10.9. The quantitative estimate of drug-likeness (QED) is 0.343. The topological polar surface area (TPSA) is 103 Å². The fourth-order valence-corrected chi connectivity index (χ4v) is 1.08. The number of aliphatic carboxylic acids is 1. The lowest BCUT2D eigenvalue weighted by atomic mass is 10.4. The van der Waals surface area contributed by atoms with Crippen LogP contribution in [-0.2, 0) is 14.3 Å². The molecule has 1 aromatic rings. The minimum absolute atomic E-state index is 0.0460. The second kappa shape index (κ2) is 16.6. The molecule has 0 aromatic carbocycles. The van der Waals surface area contributed by atoms with Gasteiger partial charge in [0.05, 0.1) is 6.20 Å². The first-order valence-electron chi connectivity index (χ1n) is 7.10. The lowest BCUT2D eigenvalue weighted by Crippen LogP contribution is -2.11. The number of terminal acetylenes is 3. The Balaban J connectivity index is 0. The average molecular weight is 344 g/mol. The van der Waals surface area contributed by atoms with Gasteiger partial charge < -0.3 is 14.6 Å². The molecule has 0 spiro atoms. The number of ether oxygens (including phenoxy) is 2. The number of aromatic nitrogens is 1. The molecule has 7 heteroatoms. The Labute approximate surface area is 147 Å². The SMILES string of the molecule is C#CCC(=O)O.C#CCC(=O)OCCOc1ccc(C=O)nc1.[2H]C#C. The summed E-state index contributed by atoms with van der Waals surface area (Å²) in [6.45, 7) is 0.328. The summed E-state index contributed by atoms with van der Waals surface area (Å²) in [6.07, 6.45) is 17.1. The van der Waals surface area contributed by atoms with E-state index in [-0.39, 0.29) is 26.1 Å². The molecule has 0 saturated carbocycles. The van der Waals surface area contributed by atoms with Gasteiger partial charge >= 0.3 is 11.9 Å². The summed E-state index contributed by atoms with van der Waals surface area (Å²) in [5.74, 6) is 3.25. The number of aldehydes is 1.